The van der Waals surface area contributed by atoms with Gasteiger partial charge in [-0.3, -0.25) is 9.69 Å². The van der Waals surface area contributed by atoms with Gasteiger partial charge in [-0.25, -0.2) is 4.39 Å². The number of benzene rings is 2. The lowest BCUT2D eigenvalue weighted by Gasteiger charge is -2.35. The molecule has 0 unspecified atom stereocenters. The van der Waals surface area contributed by atoms with E-state index in [1.54, 1.807) is 6.07 Å². The van der Waals surface area contributed by atoms with Gasteiger partial charge in [0.25, 0.3) is 0 Å². The van der Waals surface area contributed by atoms with E-state index in [2.05, 4.69) is 36.1 Å². The van der Waals surface area contributed by atoms with Crippen LogP contribution in [-0.2, 0) is 17.8 Å². The van der Waals surface area contributed by atoms with Crippen molar-refractivity contribution >= 4 is 5.91 Å². The molecule has 144 valence electrons. The summed E-state index contributed by atoms with van der Waals surface area (Å²) in [6.45, 7) is 6.31. The summed E-state index contributed by atoms with van der Waals surface area (Å²) in [5.74, 6) is -0.0107. The summed E-state index contributed by atoms with van der Waals surface area (Å²) in [6.07, 6.45) is 0.951. The van der Waals surface area contributed by atoms with Gasteiger partial charge in [-0.05, 0) is 36.6 Å². The Labute approximate surface area is 160 Å². The van der Waals surface area contributed by atoms with Crippen LogP contribution in [0.1, 0.15) is 23.1 Å². The Morgan fingerprint density at radius 1 is 1.07 bits per heavy atom. The number of amides is 1. The van der Waals surface area contributed by atoms with Gasteiger partial charge in [-0.1, -0.05) is 35.9 Å². The van der Waals surface area contributed by atoms with Gasteiger partial charge in [0, 0.05) is 39.1 Å². The van der Waals surface area contributed by atoms with E-state index in [4.69, 9.17) is 4.74 Å². The second kappa shape index (κ2) is 9.00. The van der Waals surface area contributed by atoms with Crippen LogP contribution in [-0.4, -0.2) is 49.0 Å². The standard InChI is InChI=1S/C22H27FN2O2/c1-17-4-3-5-19(14-17)16-24-10-12-25(13-11-24)22(26)9-7-18-6-8-21(27-2)20(23)15-18/h3-6,8,14-15H,7,9-13,16H2,1-2H3. The molecule has 1 aliphatic rings. The van der Waals surface area contributed by atoms with E-state index in [1.165, 1.54) is 24.3 Å². The first-order chi connectivity index (χ1) is 13.0. The summed E-state index contributed by atoms with van der Waals surface area (Å²) in [4.78, 5) is 16.8. The summed E-state index contributed by atoms with van der Waals surface area (Å²) >= 11 is 0. The Bertz CT molecular complexity index is 786. The van der Waals surface area contributed by atoms with Crippen molar-refractivity contribution in [3.63, 3.8) is 0 Å². The monoisotopic (exact) mass is 370 g/mol. The smallest absolute Gasteiger partial charge is 0.222 e. The highest BCUT2D eigenvalue weighted by atomic mass is 19.1. The number of hydrogen-bond donors (Lipinski definition) is 0. The third-order valence-corrected chi connectivity index (χ3v) is 5.06. The van der Waals surface area contributed by atoms with E-state index >= 15 is 0 Å². The number of hydrogen-bond acceptors (Lipinski definition) is 3. The Morgan fingerprint density at radius 3 is 2.52 bits per heavy atom. The van der Waals surface area contributed by atoms with Gasteiger partial charge >= 0.3 is 0 Å². The Kier molecular flexibility index (Phi) is 6.45. The maximum Gasteiger partial charge on any atom is 0.222 e. The zero-order valence-corrected chi connectivity index (χ0v) is 16.1. The molecule has 0 aliphatic carbocycles. The number of methoxy groups -OCH3 is 1. The number of nitrogens with zero attached hydrogens (tertiary/aromatic N) is 2. The number of rotatable bonds is 6. The van der Waals surface area contributed by atoms with Gasteiger partial charge in [-0.15, -0.1) is 0 Å². The van der Waals surface area contributed by atoms with Crippen LogP contribution in [0.2, 0.25) is 0 Å². The molecule has 3 rings (SSSR count). The van der Waals surface area contributed by atoms with Gasteiger partial charge in [0.15, 0.2) is 11.6 Å². The zero-order chi connectivity index (χ0) is 19.2. The van der Waals surface area contributed by atoms with Crippen molar-refractivity contribution in [2.75, 3.05) is 33.3 Å². The van der Waals surface area contributed by atoms with Gasteiger partial charge in [0.1, 0.15) is 0 Å². The van der Waals surface area contributed by atoms with Crippen LogP contribution < -0.4 is 4.74 Å². The van der Waals surface area contributed by atoms with Crippen LogP contribution in [0, 0.1) is 12.7 Å². The average Bonchev–Trinajstić information content (AvgIpc) is 2.67. The number of carbonyl (C=O) groups excluding carboxylic acids is 1. The van der Waals surface area contributed by atoms with Crippen molar-refractivity contribution in [3.8, 4) is 5.75 Å². The molecule has 27 heavy (non-hydrogen) atoms. The number of halogens is 1. The molecule has 1 aliphatic heterocycles. The molecule has 0 saturated carbocycles. The quantitative estimate of drug-likeness (QED) is 0.781. The highest BCUT2D eigenvalue weighted by molar-refractivity contribution is 5.76. The Hall–Kier alpha value is -2.40. The number of aryl methyl sites for hydroxylation is 2. The highest BCUT2D eigenvalue weighted by Gasteiger charge is 2.21. The van der Waals surface area contributed by atoms with Crippen molar-refractivity contribution in [1.82, 2.24) is 9.80 Å². The molecule has 2 aromatic carbocycles. The molecule has 0 aromatic heterocycles. The summed E-state index contributed by atoms with van der Waals surface area (Å²) in [5, 5.41) is 0. The molecule has 0 bridgehead atoms. The topological polar surface area (TPSA) is 32.8 Å². The third-order valence-electron chi connectivity index (χ3n) is 5.06. The molecule has 0 atom stereocenters. The maximum atomic E-state index is 13.8. The van der Waals surface area contributed by atoms with E-state index in [0.29, 0.717) is 12.8 Å². The molecule has 5 heteroatoms. The molecule has 0 radical (unpaired) electrons. The SMILES string of the molecule is COc1ccc(CCC(=O)N2CCN(Cc3cccc(C)c3)CC2)cc1F. The van der Waals surface area contributed by atoms with Crippen molar-refractivity contribution in [3.05, 3.63) is 65.0 Å². The molecule has 1 amide bonds. The molecule has 2 aromatic rings. The van der Waals surface area contributed by atoms with Crippen LogP contribution in [0.4, 0.5) is 4.39 Å². The van der Waals surface area contributed by atoms with E-state index < -0.39 is 0 Å². The number of carbonyl (C=O) groups is 1. The second-order valence-corrected chi connectivity index (χ2v) is 7.11. The fraction of sp³-hybridized carbons (Fsp3) is 0.409. The molecule has 1 heterocycles. The summed E-state index contributed by atoms with van der Waals surface area (Å²) in [7, 11) is 1.44. The largest absolute Gasteiger partial charge is 0.494 e. The third kappa shape index (κ3) is 5.30. The Balaban J connectivity index is 1.45. The fourth-order valence-electron chi connectivity index (χ4n) is 3.50. The lowest BCUT2D eigenvalue weighted by molar-refractivity contribution is -0.133. The van der Waals surface area contributed by atoms with Crippen molar-refractivity contribution in [2.45, 2.75) is 26.3 Å². The van der Waals surface area contributed by atoms with Crippen molar-refractivity contribution in [1.29, 1.82) is 0 Å². The predicted molar refractivity (Wildman–Crippen MR) is 104 cm³/mol. The average molecular weight is 370 g/mol. The van der Waals surface area contributed by atoms with Crippen LogP contribution in [0.5, 0.6) is 5.75 Å². The Morgan fingerprint density at radius 2 is 1.85 bits per heavy atom. The maximum absolute atomic E-state index is 13.8. The van der Waals surface area contributed by atoms with Crippen LogP contribution in [0.25, 0.3) is 0 Å². The minimum absolute atomic E-state index is 0.140. The van der Waals surface area contributed by atoms with Crippen LogP contribution >= 0.6 is 0 Å². The highest BCUT2D eigenvalue weighted by Crippen LogP contribution is 2.19. The van der Waals surface area contributed by atoms with Crippen molar-refractivity contribution in [2.24, 2.45) is 0 Å². The summed E-state index contributed by atoms with van der Waals surface area (Å²) in [6, 6.07) is 13.4. The van der Waals surface area contributed by atoms with Crippen LogP contribution in [0.15, 0.2) is 42.5 Å². The van der Waals surface area contributed by atoms with E-state index in [1.807, 2.05) is 11.0 Å². The second-order valence-electron chi connectivity index (χ2n) is 7.11. The lowest BCUT2D eigenvalue weighted by atomic mass is 10.1. The molecule has 0 N–H and O–H groups in total. The van der Waals surface area contributed by atoms with E-state index in [-0.39, 0.29) is 17.5 Å². The van der Waals surface area contributed by atoms with Gasteiger partial charge in [-0.2, -0.15) is 0 Å². The molecule has 1 fully saturated rings. The summed E-state index contributed by atoms with van der Waals surface area (Å²) in [5.41, 5.74) is 3.41. The fourth-order valence-corrected chi connectivity index (χ4v) is 3.50. The molecule has 1 saturated heterocycles. The minimum Gasteiger partial charge on any atom is -0.494 e. The lowest BCUT2D eigenvalue weighted by Crippen LogP contribution is -2.48. The van der Waals surface area contributed by atoms with Crippen molar-refractivity contribution < 1.29 is 13.9 Å². The summed E-state index contributed by atoms with van der Waals surface area (Å²) < 4.78 is 18.7. The van der Waals surface area contributed by atoms with Crippen LogP contribution in [0.3, 0.4) is 0 Å². The minimum atomic E-state index is -0.382. The predicted octanol–water partition coefficient (Wildman–Crippen LogP) is 3.42. The first-order valence-corrected chi connectivity index (χ1v) is 9.43. The first kappa shape index (κ1) is 19.4. The molecule has 4 nitrogen and oxygen atoms in total. The van der Waals surface area contributed by atoms with E-state index in [9.17, 15) is 9.18 Å². The number of piperazine rings is 1. The normalized spacial score (nSPS) is 15.0. The van der Waals surface area contributed by atoms with Gasteiger partial charge < -0.3 is 9.64 Å². The number of ether oxygens (including phenoxy) is 1. The molecular formula is C22H27FN2O2. The van der Waals surface area contributed by atoms with Gasteiger partial charge in [0.05, 0.1) is 7.11 Å². The van der Waals surface area contributed by atoms with E-state index in [0.717, 1.165) is 38.3 Å². The molecular weight excluding hydrogens is 343 g/mol. The zero-order valence-electron chi connectivity index (χ0n) is 16.1. The van der Waals surface area contributed by atoms with Gasteiger partial charge in [0.2, 0.25) is 5.91 Å². The molecule has 0 spiro atoms. The first-order valence-electron chi connectivity index (χ1n) is 9.43.